The van der Waals surface area contributed by atoms with Gasteiger partial charge >= 0.3 is 0 Å². The highest BCUT2D eigenvalue weighted by molar-refractivity contribution is 6.06. The summed E-state index contributed by atoms with van der Waals surface area (Å²) in [5, 5.41) is 19.6. The molecule has 40 heavy (non-hydrogen) atoms. The molecule has 4 aliphatic rings. The fourth-order valence-corrected chi connectivity index (χ4v) is 6.75. The number of imide groups is 1. The van der Waals surface area contributed by atoms with Crippen molar-refractivity contribution in [3.8, 4) is 11.8 Å². The molecule has 0 aliphatic carbocycles. The molecule has 3 amide bonds. The number of hydrogen-bond donors (Lipinski definition) is 2. The minimum Gasteiger partial charge on any atom is -0.384 e. The van der Waals surface area contributed by atoms with Crippen LogP contribution in [0.2, 0.25) is 0 Å². The summed E-state index contributed by atoms with van der Waals surface area (Å²) in [5.74, 6) is -0.791. The number of anilines is 1. The highest BCUT2D eigenvalue weighted by Gasteiger charge is 2.46. The van der Waals surface area contributed by atoms with Gasteiger partial charge in [-0.3, -0.25) is 24.6 Å². The van der Waals surface area contributed by atoms with E-state index in [0.717, 1.165) is 61.5 Å². The zero-order valence-corrected chi connectivity index (χ0v) is 22.0. The Bertz CT molecular complexity index is 1580. The highest BCUT2D eigenvalue weighted by atomic mass is 16.2. The number of fused-ring (bicyclic) bond motifs is 4. The number of rotatable bonds is 4. The van der Waals surface area contributed by atoms with E-state index in [1.165, 1.54) is 5.56 Å². The third-order valence-corrected chi connectivity index (χ3v) is 9.01. The number of hydrogen-bond acceptors (Lipinski definition) is 7. The number of amides is 3. The molecule has 10 heteroatoms. The van der Waals surface area contributed by atoms with Crippen molar-refractivity contribution in [2.24, 2.45) is 0 Å². The van der Waals surface area contributed by atoms with Crippen molar-refractivity contribution in [1.29, 1.82) is 5.26 Å². The Morgan fingerprint density at radius 1 is 1.07 bits per heavy atom. The third kappa shape index (κ3) is 3.97. The van der Waals surface area contributed by atoms with Crippen molar-refractivity contribution >= 4 is 23.4 Å². The van der Waals surface area contributed by atoms with Gasteiger partial charge in [0.15, 0.2) is 0 Å². The fraction of sp³-hybridized carbons (Fsp3) is 0.367. The number of aromatic nitrogens is 2. The average Bonchev–Trinajstić information content (AvgIpc) is 3.67. The Kier molecular flexibility index (Phi) is 5.71. The number of piperidine rings is 2. The molecule has 0 saturated carbocycles. The number of nitrogens with one attached hydrogen (secondary N) is 2. The molecule has 2 aromatic carbocycles. The highest BCUT2D eigenvalue weighted by Crippen LogP contribution is 2.48. The van der Waals surface area contributed by atoms with Crippen LogP contribution in [0.1, 0.15) is 58.3 Å². The maximum absolute atomic E-state index is 13.2. The lowest BCUT2D eigenvalue weighted by Gasteiger charge is -2.39. The van der Waals surface area contributed by atoms with Gasteiger partial charge in [0.05, 0.1) is 23.5 Å². The Morgan fingerprint density at radius 2 is 1.88 bits per heavy atom. The van der Waals surface area contributed by atoms with Crippen LogP contribution in [0, 0.1) is 11.3 Å². The molecule has 202 valence electrons. The Morgan fingerprint density at radius 3 is 2.62 bits per heavy atom. The van der Waals surface area contributed by atoms with Gasteiger partial charge in [-0.25, -0.2) is 4.68 Å². The Labute approximate surface area is 231 Å². The minimum atomic E-state index is -0.604. The molecular formula is C30H29N7O3. The monoisotopic (exact) mass is 535 g/mol. The summed E-state index contributed by atoms with van der Waals surface area (Å²) in [6.07, 6.45) is 6.60. The van der Waals surface area contributed by atoms with Gasteiger partial charge in [0.1, 0.15) is 6.04 Å². The summed E-state index contributed by atoms with van der Waals surface area (Å²) in [6.45, 7) is 3.98. The lowest BCUT2D eigenvalue weighted by Crippen LogP contribution is -2.52. The normalized spacial score (nSPS) is 21.6. The molecule has 1 spiro atoms. The molecule has 2 fully saturated rings. The topological polar surface area (TPSA) is 123 Å². The molecule has 3 aromatic rings. The van der Waals surface area contributed by atoms with Crippen LogP contribution in [0.25, 0.3) is 5.69 Å². The summed E-state index contributed by atoms with van der Waals surface area (Å²) >= 11 is 0. The predicted octanol–water partition coefficient (Wildman–Crippen LogP) is 2.46. The summed E-state index contributed by atoms with van der Waals surface area (Å²) < 4.78 is 1.85. The number of nitrogens with zero attached hydrogens (tertiary/aromatic N) is 5. The lowest BCUT2D eigenvalue weighted by molar-refractivity contribution is -0.136. The first-order valence-electron chi connectivity index (χ1n) is 13.8. The van der Waals surface area contributed by atoms with Gasteiger partial charge in [-0.05, 0) is 68.2 Å². The standard InChI is InChI=1S/C30H29N7O3/c31-13-19-1-3-21(4-2-19)37-16-20(14-33-37)15-35-11-9-30(10-12-35)18-32-27-23-17-36(25-7-8-26(38)34-28(25)39)29(40)22(23)5-6-24(27)30/h1-6,14,16,25,32H,7-12,15,17-18H2,(H,34,38,39)/t25-/m0/s1. The van der Waals surface area contributed by atoms with Crippen molar-refractivity contribution in [1.82, 2.24) is 24.9 Å². The van der Waals surface area contributed by atoms with Gasteiger partial charge in [0.2, 0.25) is 11.8 Å². The molecule has 5 heterocycles. The molecule has 0 unspecified atom stereocenters. The van der Waals surface area contributed by atoms with Gasteiger partial charge in [-0.2, -0.15) is 10.4 Å². The van der Waals surface area contributed by atoms with Gasteiger partial charge in [-0.1, -0.05) is 6.07 Å². The van der Waals surface area contributed by atoms with Crippen LogP contribution in [0.3, 0.4) is 0 Å². The van der Waals surface area contributed by atoms with Crippen LogP contribution in [-0.2, 0) is 28.1 Å². The number of likely N-dealkylation sites (tertiary alicyclic amines) is 1. The smallest absolute Gasteiger partial charge is 0.255 e. The molecular weight excluding hydrogens is 506 g/mol. The molecule has 2 saturated heterocycles. The Hall–Kier alpha value is -4.49. The SMILES string of the molecule is N#Cc1ccc(-n2cc(CN3CCC4(CC3)CNc3c4ccc4c3CN([C@H]3CCC(=O)NC3=O)C4=O)cn2)cc1. The summed E-state index contributed by atoms with van der Waals surface area (Å²) in [4.78, 5) is 41.4. The van der Waals surface area contributed by atoms with Crippen LogP contribution in [0.15, 0.2) is 48.8 Å². The second-order valence-corrected chi connectivity index (χ2v) is 11.3. The van der Waals surface area contributed by atoms with Gasteiger partial charge in [-0.15, -0.1) is 0 Å². The number of benzene rings is 2. The van der Waals surface area contributed by atoms with Gasteiger partial charge < -0.3 is 10.2 Å². The fourth-order valence-electron chi connectivity index (χ4n) is 6.75. The Balaban J connectivity index is 1.03. The maximum atomic E-state index is 13.2. The van der Waals surface area contributed by atoms with Crippen molar-refractivity contribution < 1.29 is 14.4 Å². The van der Waals surface area contributed by atoms with Gasteiger partial charge in [0.25, 0.3) is 5.91 Å². The first-order valence-corrected chi connectivity index (χ1v) is 13.8. The van der Waals surface area contributed by atoms with E-state index >= 15 is 0 Å². The van der Waals surface area contributed by atoms with Crippen LogP contribution in [0.5, 0.6) is 0 Å². The van der Waals surface area contributed by atoms with E-state index < -0.39 is 6.04 Å². The number of carbonyl (C=O) groups is 3. The average molecular weight is 536 g/mol. The van der Waals surface area contributed by atoms with E-state index in [1.54, 1.807) is 17.0 Å². The van der Waals surface area contributed by atoms with Crippen molar-refractivity contribution in [3.63, 3.8) is 0 Å². The van der Waals surface area contributed by atoms with E-state index in [9.17, 15) is 14.4 Å². The second kappa shape index (κ2) is 9.31. The summed E-state index contributed by atoms with van der Waals surface area (Å²) in [7, 11) is 0. The van der Waals surface area contributed by atoms with Crippen molar-refractivity contribution in [3.05, 3.63) is 76.6 Å². The number of nitriles is 1. The largest absolute Gasteiger partial charge is 0.384 e. The van der Waals surface area contributed by atoms with Crippen LogP contribution in [-0.4, -0.2) is 63.0 Å². The molecule has 0 bridgehead atoms. The van der Waals surface area contributed by atoms with Crippen LogP contribution >= 0.6 is 0 Å². The number of carbonyl (C=O) groups excluding carboxylic acids is 3. The zero-order chi connectivity index (χ0) is 27.4. The molecule has 0 radical (unpaired) electrons. The lowest BCUT2D eigenvalue weighted by atomic mass is 9.73. The molecule has 7 rings (SSSR count). The van der Waals surface area contributed by atoms with Crippen LogP contribution < -0.4 is 10.6 Å². The first-order chi connectivity index (χ1) is 19.4. The first kappa shape index (κ1) is 24.5. The second-order valence-electron chi connectivity index (χ2n) is 11.3. The molecule has 1 atom stereocenters. The van der Waals surface area contributed by atoms with E-state index in [-0.39, 0.29) is 29.6 Å². The minimum absolute atomic E-state index is 0.0264. The van der Waals surface area contributed by atoms with Crippen LogP contribution in [0.4, 0.5) is 5.69 Å². The quantitative estimate of drug-likeness (QED) is 0.492. The van der Waals surface area contributed by atoms with Gasteiger partial charge in [0, 0.05) is 60.0 Å². The zero-order valence-electron chi connectivity index (χ0n) is 22.0. The molecule has 1 aromatic heterocycles. The molecule has 4 aliphatic heterocycles. The van der Waals surface area contributed by atoms with E-state index in [1.807, 2.05) is 35.3 Å². The molecule has 2 N–H and O–H groups in total. The molecule has 10 nitrogen and oxygen atoms in total. The summed E-state index contributed by atoms with van der Waals surface area (Å²) in [5.41, 5.74) is 6.69. The van der Waals surface area contributed by atoms with Crippen molar-refractivity contribution in [2.45, 2.75) is 50.2 Å². The van der Waals surface area contributed by atoms with E-state index in [2.05, 4.69) is 32.8 Å². The third-order valence-electron chi connectivity index (χ3n) is 9.01. The predicted molar refractivity (Wildman–Crippen MR) is 145 cm³/mol. The van der Waals surface area contributed by atoms with Crippen molar-refractivity contribution in [2.75, 3.05) is 25.0 Å². The van der Waals surface area contributed by atoms with E-state index in [0.29, 0.717) is 24.1 Å². The summed E-state index contributed by atoms with van der Waals surface area (Å²) in [6, 6.07) is 13.0. The van der Waals surface area contributed by atoms with E-state index in [4.69, 9.17) is 5.26 Å². The maximum Gasteiger partial charge on any atom is 0.255 e.